The predicted octanol–water partition coefficient (Wildman–Crippen LogP) is 2.66. The maximum atomic E-state index is 12.3. The first-order chi connectivity index (χ1) is 8.39. The molecule has 1 aromatic rings. The number of nitrogens with one attached hydrogen (secondary N) is 1. The van der Waals surface area contributed by atoms with Crippen LogP contribution < -0.4 is 5.32 Å². The predicted molar refractivity (Wildman–Crippen MR) is 60.0 cm³/mol. The third kappa shape index (κ3) is 5.18. The van der Waals surface area contributed by atoms with Gasteiger partial charge in [0.25, 0.3) is 0 Å². The average Bonchev–Trinajstić information content (AvgIpc) is 2.27. The van der Waals surface area contributed by atoms with Gasteiger partial charge in [-0.05, 0) is 30.7 Å². The smallest absolute Gasteiger partial charge is 0.416 e. The molecule has 0 aliphatic heterocycles. The number of hydrogen-bond acceptors (Lipinski definition) is 2. The minimum Gasteiger partial charge on any atom is -0.481 e. The van der Waals surface area contributed by atoms with E-state index in [0.717, 1.165) is 17.7 Å². The van der Waals surface area contributed by atoms with Gasteiger partial charge in [0.1, 0.15) is 0 Å². The van der Waals surface area contributed by atoms with Gasteiger partial charge >= 0.3 is 12.1 Å². The zero-order valence-electron chi connectivity index (χ0n) is 9.63. The molecule has 100 valence electrons. The van der Waals surface area contributed by atoms with E-state index in [1.165, 1.54) is 12.1 Å². The van der Waals surface area contributed by atoms with E-state index in [4.69, 9.17) is 5.11 Å². The highest BCUT2D eigenvalue weighted by Crippen LogP contribution is 2.28. The monoisotopic (exact) mass is 261 g/mol. The summed E-state index contributed by atoms with van der Waals surface area (Å²) in [5, 5.41) is 11.4. The molecule has 0 fully saturated rings. The molecule has 0 aliphatic carbocycles. The SMILES string of the molecule is O=C(O)CCCNCc1ccc(C(F)(F)F)cc1. The summed E-state index contributed by atoms with van der Waals surface area (Å²) in [4.78, 5) is 10.2. The van der Waals surface area contributed by atoms with Crippen LogP contribution in [-0.4, -0.2) is 17.6 Å². The molecule has 0 aliphatic rings. The highest BCUT2D eigenvalue weighted by molar-refractivity contribution is 5.66. The summed E-state index contributed by atoms with van der Waals surface area (Å²) in [7, 11) is 0. The zero-order chi connectivity index (χ0) is 13.6. The summed E-state index contributed by atoms with van der Waals surface area (Å²) >= 11 is 0. The molecule has 18 heavy (non-hydrogen) atoms. The van der Waals surface area contributed by atoms with E-state index in [0.29, 0.717) is 19.5 Å². The number of aliphatic carboxylic acids is 1. The van der Waals surface area contributed by atoms with Crippen molar-refractivity contribution in [3.63, 3.8) is 0 Å². The third-order valence-electron chi connectivity index (χ3n) is 2.35. The van der Waals surface area contributed by atoms with Crippen LogP contribution >= 0.6 is 0 Å². The molecule has 2 N–H and O–H groups in total. The molecule has 0 aromatic heterocycles. The summed E-state index contributed by atoms with van der Waals surface area (Å²) in [6.07, 6.45) is -3.73. The molecule has 0 radical (unpaired) electrons. The normalized spacial score (nSPS) is 11.5. The standard InChI is InChI=1S/C12H14F3NO2/c13-12(14,15)10-5-3-9(4-6-10)8-16-7-1-2-11(17)18/h3-6,16H,1-2,7-8H2,(H,17,18). The molecule has 0 saturated carbocycles. The van der Waals surface area contributed by atoms with Gasteiger partial charge in [-0.3, -0.25) is 4.79 Å². The van der Waals surface area contributed by atoms with Gasteiger partial charge in [0.2, 0.25) is 0 Å². The van der Waals surface area contributed by atoms with Crippen LogP contribution in [0, 0.1) is 0 Å². The van der Waals surface area contributed by atoms with E-state index in [1.807, 2.05) is 0 Å². The highest BCUT2D eigenvalue weighted by Gasteiger charge is 2.29. The van der Waals surface area contributed by atoms with Crippen molar-refractivity contribution in [2.75, 3.05) is 6.54 Å². The summed E-state index contributed by atoms with van der Waals surface area (Å²) in [6.45, 7) is 0.949. The van der Waals surface area contributed by atoms with Gasteiger partial charge in [0.05, 0.1) is 5.56 Å². The van der Waals surface area contributed by atoms with Crippen LogP contribution in [0.5, 0.6) is 0 Å². The van der Waals surface area contributed by atoms with Crippen molar-refractivity contribution in [3.8, 4) is 0 Å². The second kappa shape index (κ2) is 6.39. The Kier molecular flexibility index (Phi) is 5.15. The molecular formula is C12H14F3NO2. The number of hydrogen-bond donors (Lipinski definition) is 2. The topological polar surface area (TPSA) is 49.3 Å². The van der Waals surface area contributed by atoms with Crippen molar-refractivity contribution in [1.82, 2.24) is 5.32 Å². The van der Waals surface area contributed by atoms with E-state index in [2.05, 4.69) is 5.32 Å². The highest BCUT2D eigenvalue weighted by atomic mass is 19.4. The van der Waals surface area contributed by atoms with Crippen molar-refractivity contribution >= 4 is 5.97 Å². The molecule has 3 nitrogen and oxygen atoms in total. The molecule has 6 heteroatoms. The molecule has 0 saturated heterocycles. The van der Waals surface area contributed by atoms with Gasteiger partial charge in [-0.25, -0.2) is 0 Å². The lowest BCUT2D eigenvalue weighted by Crippen LogP contribution is -2.16. The van der Waals surface area contributed by atoms with Crippen LogP contribution in [0.25, 0.3) is 0 Å². The molecule has 1 rings (SSSR count). The Hall–Kier alpha value is -1.56. The number of carboxylic acids is 1. The van der Waals surface area contributed by atoms with Crippen molar-refractivity contribution < 1.29 is 23.1 Å². The molecule has 0 bridgehead atoms. The Morgan fingerprint density at radius 2 is 1.83 bits per heavy atom. The number of alkyl halides is 3. The molecule has 0 spiro atoms. The zero-order valence-corrected chi connectivity index (χ0v) is 9.63. The average molecular weight is 261 g/mol. The number of rotatable bonds is 6. The Morgan fingerprint density at radius 1 is 1.22 bits per heavy atom. The summed E-state index contributed by atoms with van der Waals surface area (Å²) in [5.74, 6) is -0.855. The minimum absolute atomic E-state index is 0.0833. The van der Waals surface area contributed by atoms with Crippen LogP contribution in [0.3, 0.4) is 0 Å². The molecule has 0 amide bonds. The lowest BCUT2D eigenvalue weighted by molar-refractivity contribution is -0.138. The fraction of sp³-hybridized carbons (Fsp3) is 0.417. The summed E-state index contributed by atoms with van der Waals surface area (Å²) in [5.41, 5.74) is 0.0652. The van der Waals surface area contributed by atoms with Crippen molar-refractivity contribution in [2.45, 2.75) is 25.6 Å². The second-order valence-corrected chi connectivity index (χ2v) is 3.87. The molecule has 1 aromatic carbocycles. The molecular weight excluding hydrogens is 247 g/mol. The van der Waals surface area contributed by atoms with E-state index >= 15 is 0 Å². The number of benzene rings is 1. The largest absolute Gasteiger partial charge is 0.481 e. The van der Waals surface area contributed by atoms with Crippen molar-refractivity contribution in [2.24, 2.45) is 0 Å². The second-order valence-electron chi connectivity index (χ2n) is 3.87. The minimum atomic E-state index is -4.31. The first kappa shape index (κ1) is 14.5. The van der Waals surface area contributed by atoms with Crippen LogP contribution in [-0.2, 0) is 17.5 Å². The maximum absolute atomic E-state index is 12.3. The third-order valence-corrected chi connectivity index (χ3v) is 2.35. The van der Waals surface area contributed by atoms with Crippen molar-refractivity contribution in [1.29, 1.82) is 0 Å². The Balaban J connectivity index is 2.33. The molecule has 0 unspecified atom stereocenters. The molecule has 0 heterocycles. The number of carboxylic acid groups (broad SMARTS) is 1. The van der Waals surface area contributed by atoms with E-state index in [1.54, 1.807) is 0 Å². The van der Waals surface area contributed by atoms with E-state index < -0.39 is 17.7 Å². The fourth-order valence-electron chi connectivity index (χ4n) is 1.41. The van der Waals surface area contributed by atoms with Gasteiger partial charge in [-0.2, -0.15) is 13.2 Å². The van der Waals surface area contributed by atoms with Crippen LogP contribution in [0.4, 0.5) is 13.2 Å². The molecule has 0 atom stereocenters. The van der Waals surface area contributed by atoms with Gasteiger partial charge in [-0.15, -0.1) is 0 Å². The van der Waals surface area contributed by atoms with E-state index in [-0.39, 0.29) is 6.42 Å². The van der Waals surface area contributed by atoms with E-state index in [9.17, 15) is 18.0 Å². The summed E-state index contributed by atoms with van der Waals surface area (Å²) in [6, 6.07) is 4.89. The fourth-order valence-corrected chi connectivity index (χ4v) is 1.41. The Labute approximate surface area is 103 Å². The van der Waals surface area contributed by atoms with Crippen molar-refractivity contribution in [3.05, 3.63) is 35.4 Å². The maximum Gasteiger partial charge on any atom is 0.416 e. The van der Waals surface area contributed by atoms with Gasteiger partial charge in [-0.1, -0.05) is 12.1 Å². The first-order valence-corrected chi connectivity index (χ1v) is 5.48. The number of halogens is 3. The van der Waals surface area contributed by atoms with Crippen LogP contribution in [0.15, 0.2) is 24.3 Å². The Morgan fingerprint density at radius 3 is 2.33 bits per heavy atom. The lowest BCUT2D eigenvalue weighted by Gasteiger charge is -2.08. The van der Waals surface area contributed by atoms with Gasteiger partial charge in [0.15, 0.2) is 0 Å². The summed E-state index contributed by atoms with van der Waals surface area (Å²) < 4.78 is 36.8. The quantitative estimate of drug-likeness (QED) is 0.774. The number of carbonyl (C=O) groups is 1. The lowest BCUT2D eigenvalue weighted by atomic mass is 10.1. The van der Waals surface area contributed by atoms with Gasteiger partial charge < -0.3 is 10.4 Å². The Bertz CT molecular complexity index is 387. The first-order valence-electron chi connectivity index (χ1n) is 5.48. The van der Waals surface area contributed by atoms with Crippen LogP contribution in [0.2, 0.25) is 0 Å². The van der Waals surface area contributed by atoms with Crippen LogP contribution in [0.1, 0.15) is 24.0 Å². The van der Waals surface area contributed by atoms with Gasteiger partial charge in [0, 0.05) is 13.0 Å².